The molecule has 1 aromatic heterocycles. The summed E-state index contributed by atoms with van der Waals surface area (Å²) in [6.45, 7) is 5.94. The number of aromatic nitrogens is 2. The fraction of sp³-hybridized carbons (Fsp3) is 0.500. The Balaban J connectivity index is 1.53. The second kappa shape index (κ2) is 7.63. The Morgan fingerprint density at radius 3 is 2.90 bits per heavy atom. The third-order valence-electron chi connectivity index (χ3n) is 6.22. The number of rotatable bonds is 3. The summed E-state index contributed by atoms with van der Waals surface area (Å²) >= 11 is 0. The van der Waals surface area contributed by atoms with Crippen LogP contribution in [-0.4, -0.2) is 57.3 Å². The Morgan fingerprint density at radius 1 is 1.34 bits per heavy atom. The molecule has 7 heteroatoms. The van der Waals surface area contributed by atoms with Crippen molar-refractivity contribution in [3.63, 3.8) is 0 Å². The molecule has 2 N–H and O–H groups in total. The van der Waals surface area contributed by atoms with Gasteiger partial charge in [0.1, 0.15) is 0 Å². The van der Waals surface area contributed by atoms with E-state index in [2.05, 4.69) is 10.4 Å². The van der Waals surface area contributed by atoms with Gasteiger partial charge in [0.2, 0.25) is 5.91 Å². The van der Waals surface area contributed by atoms with Crippen LogP contribution in [0.2, 0.25) is 0 Å². The summed E-state index contributed by atoms with van der Waals surface area (Å²) in [5, 5.41) is 17.9. The van der Waals surface area contributed by atoms with Crippen molar-refractivity contribution in [2.75, 3.05) is 19.6 Å². The van der Waals surface area contributed by atoms with Crippen LogP contribution in [0.3, 0.4) is 0 Å². The molecule has 0 aliphatic carbocycles. The molecule has 2 saturated heterocycles. The summed E-state index contributed by atoms with van der Waals surface area (Å²) in [5.41, 5.74) is 2.77. The van der Waals surface area contributed by atoms with Gasteiger partial charge in [-0.1, -0.05) is 12.1 Å². The first-order valence-corrected chi connectivity index (χ1v) is 10.2. The highest BCUT2D eigenvalue weighted by Crippen LogP contribution is 2.37. The number of aryl methyl sites for hydroxylation is 2. The molecule has 0 bridgehead atoms. The first kappa shape index (κ1) is 19.6. The van der Waals surface area contributed by atoms with Crippen LogP contribution in [0.4, 0.5) is 0 Å². The maximum Gasteiger partial charge on any atom is 0.253 e. The lowest BCUT2D eigenvalue weighted by molar-refractivity contribution is -0.147. The molecule has 1 aromatic carbocycles. The number of amides is 2. The van der Waals surface area contributed by atoms with E-state index in [0.29, 0.717) is 38.0 Å². The molecule has 7 nitrogen and oxygen atoms in total. The van der Waals surface area contributed by atoms with Gasteiger partial charge in [-0.25, -0.2) is 0 Å². The van der Waals surface area contributed by atoms with Crippen molar-refractivity contribution in [3.8, 4) is 0 Å². The van der Waals surface area contributed by atoms with Gasteiger partial charge in [-0.3, -0.25) is 14.3 Å². The van der Waals surface area contributed by atoms with E-state index in [4.69, 9.17) is 0 Å². The number of nitrogens with zero attached hydrogens (tertiary/aromatic N) is 3. The van der Waals surface area contributed by atoms with E-state index in [-0.39, 0.29) is 18.4 Å². The van der Waals surface area contributed by atoms with Crippen LogP contribution in [0.15, 0.2) is 30.3 Å². The molecule has 0 unspecified atom stereocenters. The topological polar surface area (TPSA) is 87.5 Å². The van der Waals surface area contributed by atoms with Crippen LogP contribution in [0.25, 0.3) is 0 Å². The van der Waals surface area contributed by atoms with Crippen molar-refractivity contribution < 1.29 is 14.7 Å². The number of piperidine rings is 2. The molecule has 2 aliphatic heterocycles. The lowest BCUT2D eigenvalue weighted by Crippen LogP contribution is -2.62. The monoisotopic (exact) mass is 396 g/mol. The average molecular weight is 396 g/mol. The number of carbonyl (C=O) groups excluding carboxylic acids is 2. The fourth-order valence-electron chi connectivity index (χ4n) is 4.61. The lowest BCUT2D eigenvalue weighted by atomic mass is 9.71. The number of hydrogen-bond donors (Lipinski definition) is 2. The number of nitrogens with one attached hydrogen (secondary N) is 1. The molecule has 2 atom stereocenters. The Labute approximate surface area is 170 Å². The average Bonchev–Trinajstić information content (AvgIpc) is 3.02. The number of likely N-dealkylation sites (tertiary alicyclic amines) is 1. The minimum absolute atomic E-state index is 0.0927. The van der Waals surface area contributed by atoms with Crippen molar-refractivity contribution in [1.82, 2.24) is 20.0 Å². The lowest BCUT2D eigenvalue weighted by Gasteiger charge is -2.46. The summed E-state index contributed by atoms with van der Waals surface area (Å²) < 4.78 is 1.93. The third-order valence-corrected chi connectivity index (χ3v) is 6.22. The number of carbonyl (C=O) groups is 2. The van der Waals surface area contributed by atoms with Gasteiger partial charge in [0.15, 0.2) is 0 Å². The van der Waals surface area contributed by atoms with Crippen molar-refractivity contribution in [2.45, 2.75) is 45.8 Å². The first-order chi connectivity index (χ1) is 13.9. The maximum absolute atomic E-state index is 13.2. The summed E-state index contributed by atoms with van der Waals surface area (Å²) in [4.78, 5) is 27.5. The van der Waals surface area contributed by atoms with Crippen LogP contribution in [0.1, 0.15) is 46.6 Å². The van der Waals surface area contributed by atoms with E-state index in [9.17, 15) is 14.7 Å². The summed E-state index contributed by atoms with van der Waals surface area (Å²) in [6.07, 6.45) is 1.15. The molecule has 4 rings (SSSR count). The van der Waals surface area contributed by atoms with Gasteiger partial charge in [0.05, 0.1) is 23.8 Å². The maximum atomic E-state index is 13.2. The van der Waals surface area contributed by atoms with Crippen molar-refractivity contribution in [1.29, 1.82) is 0 Å². The molecular formula is C22H28N4O3. The highest BCUT2D eigenvalue weighted by atomic mass is 16.3. The molecule has 29 heavy (non-hydrogen) atoms. The minimum atomic E-state index is -0.881. The molecule has 2 amide bonds. The van der Waals surface area contributed by atoms with E-state index >= 15 is 0 Å². The summed E-state index contributed by atoms with van der Waals surface area (Å²) in [7, 11) is 0. The molecule has 3 heterocycles. The second-order valence-corrected chi connectivity index (χ2v) is 8.33. The molecule has 2 aromatic rings. The van der Waals surface area contributed by atoms with Gasteiger partial charge in [0.25, 0.3) is 5.91 Å². The van der Waals surface area contributed by atoms with E-state index in [1.165, 1.54) is 0 Å². The molecule has 0 radical (unpaired) electrons. The molecule has 2 aliphatic rings. The Kier molecular flexibility index (Phi) is 5.17. The zero-order chi connectivity index (χ0) is 20.6. The number of hydrogen-bond acceptors (Lipinski definition) is 4. The molecule has 2 fully saturated rings. The normalized spacial score (nSPS) is 24.6. The predicted molar refractivity (Wildman–Crippen MR) is 108 cm³/mol. The van der Waals surface area contributed by atoms with E-state index in [0.717, 1.165) is 23.4 Å². The van der Waals surface area contributed by atoms with Crippen LogP contribution < -0.4 is 5.32 Å². The predicted octanol–water partition coefficient (Wildman–Crippen LogP) is 1.65. The third kappa shape index (κ3) is 3.67. The Morgan fingerprint density at radius 2 is 2.17 bits per heavy atom. The highest BCUT2D eigenvalue weighted by molar-refractivity contribution is 5.95. The quantitative estimate of drug-likeness (QED) is 0.826. The summed E-state index contributed by atoms with van der Waals surface area (Å²) in [6, 6.07) is 9.62. The SMILES string of the molecule is Cc1cc(C)n(Cc2cccc(C(=O)N3CC[C@H](O)[C@@]4(CCCNC4=O)C3)c2)n1. The van der Waals surface area contributed by atoms with Crippen molar-refractivity contribution in [3.05, 3.63) is 52.8 Å². The van der Waals surface area contributed by atoms with Crippen LogP contribution in [0, 0.1) is 19.3 Å². The van der Waals surface area contributed by atoms with Crippen molar-refractivity contribution >= 4 is 11.8 Å². The largest absolute Gasteiger partial charge is 0.392 e. The van der Waals surface area contributed by atoms with Gasteiger partial charge in [0, 0.05) is 30.9 Å². The van der Waals surface area contributed by atoms with Gasteiger partial charge in [-0.05, 0) is 56.9 Å². The molecule has 0 saturated carbocycles. The number of benzene rings is 1. The minimum Gasteiger partial charge on any atom is -0.392 e. The molecule has 1 spiro atoms. The van der Waals surface area contributed by atoms with Gasteiger partial charge >= 0.3 is 0 Å². The van der Waals surface area contributed by atoms with Gasteiger partial charge in [-0.15, -0.1) is 0 Å². The fourth-order valence-corrected chi connectivity index (χ4v) is 4.61. The molecular weight excluding hydrogens is 368 g/mol. The van der Waals surface area contributed by atoms with Crippen molar-refractivity contribution in [2.24, 2.45) is 5.41 Å². The highest BCUT2D eigenvalue weighted by Gasteiger charge is 2.50. The van der Waals surface area contributed by atoms with Crippen LogP contribution in [0.5, 0.6) is 0 Å². The standard InChI is InChI=1S/C22H28N4O3/c1-15-11-16(2)26(24-15)13-17-5-3-6-18(12-17)20(28)25-10-7-19(27)22(14-25)8-4-9-23-21(22)29/h3,5-6,11-12,19,27H,4,7-10,13-14H2,1-2H3,(H,23,29)/t19-,22+/m0/s1. The van der Waals surface area contributed by atoms with Gasteiger partial charge in [-0.2, -0.15) is 5.10 Å². The van der Waals surface area contributed by atoms with E-state index in [1.54, 1.807) is 4.90 Å². The smallest absolute Gasteiger partial charge is 0.253 e. The van der Waals surface area contributed by atoms with E-state index in [1.807, 2.05) is 48.9 Å². The van der Waals surface area contributed by atoms with Crippen LogP contribution >= 0.6 is 0 Å². The van der Waals surface area contributed by atoms with E-state index < -0.39 is 11.5 Å². The number of aliphatic hydroxyl groups excluding tert-OH is 1. The summed E-state index contributed by atoms with van der Waals surface area (Å²) in [5.74, 6) is -0.225. The first-order valence-electron chi connectivity index (χ1n) is 10.2. The molecule has 154 valence electrons. The Bertz CT molecular complexity index is 938. The van der Waals surface area contributed by atoms with Gasteiger partial charge < -0.3 is 15.3 Å². The Hall–Kier alpha value is -2.67. The zero-order valence-corrected chi connectivity index (χ0v) is 17.0. The van der Waals surface area contributed by atoms with Crippen LogP contribution in [-0.2, 0) is 11.3 Å². The second-order valence-electron chi connectivity index (χ2n) is 8.33. The zero-order valence-electron chi connectivity index (χ0n) is 17.0. The number of aliphatic hydroxyl groups is 1.